The summed E-state index contributed by atoms with van der Waals surface area (Å²) in [5.41, 5.74) is 2.06. The van der Waals surface area contributed by atoms with E-state index in [9.17, 15) is 0 Å². The summed E-state index contributed by atoms with van der Waals surface area (Å²) in [5.74, 6) is 2.48. The zero-order chi connectivity index (χ0) is 17.1. The van der Waals surface area contributed by atoms with E-state index in [-0.39, 0.29) is 6.79 Å². The minimum Gasteiger partial charge on any atom is -0.490 e. The summed E-state index contributed by atoms with van der Waals surface area (Å²) in [5, 5.41) is 1.85. The molecule has 0 atom stereocenters. The van der Waals surface area contributed by atoms with Crippen LogP contribution < -0.4 is 19.3 Å². The lowest BCUT2D eigenvalue weighted by Gasteiger charge is -2.23. The van der Waals surface area contributed by atoms with Gasteiger partial charge in [-0.2, -0.15) is 0 Å². The van der Waals surface area contributed by atoms with Gasteiger partial charge in [0.2, 0.25) is 6.79 Å². The second kappa shape index (κ2) is 7.23. The third kappa shape index (κ3) is 3.66. The highest BCUT2D eigenvalue weighted by molar-refractivity contribution is 5.50. The van der Waals surface area contributed by atoms with Gasteiger partial charge in [0.1, 0.15) is 5.75 Å². The van der Waals surface area contributed by atoms with E-state index in [2.05, 4.69) is 0 Å². The molecule has 0 unspecified atom stereocenters. The maximum Gasteiger partial charge on any atom is 0.231 e. The molecule has 4 rings (SSSR count). The van der Waals surface area contributed by atoms with Crippen molar-refractivity contribution in [2.24, 2.45) is 0 Å². The highest BCUT2D eigenvalue weighted by Crippen LogP contribution is 2.33. The Hall–Kier alpha value is -2.40. The number of fused-ring (bicyclic) bond motifs is 1. The largest absolute Gasteiger partial charge is 0.490 e. The first-order valence-corrected chi connectivity index (χ1v) is 8.79. The summed E-state index contributed by atoms with van der Waals surface area (Å²) in [4.78, 5) is 5.59. The van der Waals surface area contributed by atoms with Gasteiger partial charge in [0, 0.05) is 6.07 Å². The number of hydrogen-bond acceptors (Lipinski definition) is 5. The first-order valence-electron chi connectivity index (χ1n) is 8.79. The Morgan fingerprint density at radius 3 is 2.72 bits per heavy atom. The van der Waals surface area contributed by atoms with Gasteiger partial charge >= 0.3 is 0 Å². The van der Waals surface area contributed by atoms with E-state index in [4.69, 9.17) is 19.0 Å². The quantitative estimate of drug-likeness (QED) is 0.733. The number of nitrogens with zero attached hydrogens (tertiary/aromatic N) is 1. The lowest BCUT2D eigenvalue weighted by atomic mass is 10.2. The van der Waals surface area contributed by atoms with Crippen LogP contribution in [0.1, 0.15) is 31.2 Å². The average Bonchev–Trinajstić information content (AvgIpc) is 3.31. The number of hydrogen-bond donors (Lipinski definition) is 0. The van der Waals surface area contributed by atoms with Crippen LogP contribution in [0.3, 0.4) is 0 Å². The van der Waals surface area contributed by atoms with E-state index in [1.807, 2.05) is 47.5 Å². The molecule has 1 heterocycles. The SMILES string of the molecule is CON(Cc1ccc2c(c1)OCO2)c1cccc(OC2CCCC2)c1. The Morgan fingerprint density at radius 2 is 1.88 bits per heavy atom. The number of ether oxygens (including phenoxy) is 3. The van der Waals surface area contributed by atoms with Crippen molar-refractivity contribution in [3.05, 3.63) is 48.0 Å². The molecule has 2 aliphatic rings. The van der Waals surface area contributed by atoms with Gasteiger partial charge in [-0.3, -0.25) is 4.84 Å². The molecule has 0 aromatic heterocycles. The molecule has 2 aromatic rings. The topological polar surface area (TPSA) is 40.2 Å². The lowest BCUT2D eigenvalue weighted by molar-refractivity contribution is 0.162. The summed E-state index contributed by atoms with van der Waals surface area (Å²) in [6.07, 6.45) is 5.17. The first kappa shape index (κ1) is 16.1. The van der Waals surface area contributed by atoms with Crippen molar-refractivity contribution in [3.63, 3.8) is 0 Å². The molecular formula is C20H23NO4. The van der Waals surface area contributed by atoms with Gasteiger partial charge in [0.05, 0.1) is 25.4 Å². The van der Waals surface area contributed by atoms with E-state index < -0.39 is 0 Å². The van der Waals surface area contributed by atoms with Crippen LogP contribution in [0.4, 0.5) is 5.69 Å². The predicted molar refractivity (Wildman–Crippen MR) is 95.1 cm³/mol. The third-order valence-corrected chi connectivity index (χ3v) is 4.69. The van der Waals surface area contributed by atoms with Gasteiger partial charge in [-0.1, -0.05) is 12.1 Å². The van der Waals surface area contributed by atoms with Crippen LogP contribution in [-0.2, 0) is 11.4 Å². The number of hydroxylamine groups is 1. The smallest absolute Gasteiger partial charge is 0.231 e. The molecule has 0 bridgehead atoms. The Labute approximate surface area is 148 Å². The second-order valence-electron chi connectivity index (χ2n) is 6.43. The minimum atomic E-state index is 0.285. The molecule has 132 valence electrons. The highest BCUT2D eigenvalue weighted by atomic mass is 16.7. The second-order valence-corrected chi connectivity index (χ2v) is 6.43. The van der Waals surface area contributed by atoms with E-state index >= 15 is 0 Å². The van der Waals surface area contributed by atoms with Crippen molar-refractivity contribution in [2.45, 2.75) is 38.3 Å². The molecule has 2 aromatic carbocycles. The van der Waals surface area contributed by atoms with Crippen LogP contribution in [-0.4, -0.2) is 20.0 Å². The normalized spacial score (nSPS) is 16.2. The Balaban J connectivity index is 1.48. The number of anilines is 1. The van der Waals surface area contributed by atoms with Crippen molar-refractivity contribution in [3.8, 4) is 17.2 Å². The van der Waals surface area contributed by atoms with Crippen molar-refractivity contribution < 1.29 is 19.0 Å². The zero-order valence-corrected chi connectivity index (χ0v) is 14.4. The fourth-order valence-electron chi connectivity index (χ4n) is 3.38. The van der Waals surface area contributed by atoms with Crippen LogP contribution in [0.15, 0.2) is 42.5 Å². The zero-order valence-electron chi connectivity index (χ0n) is 14.4. The first-order chi connectivity index (χ1) is 12.3. The summed E-state index contributed by atoms with van der Waals surface area (Å²) in [6, 6.07) is 14.0. The summed E-state index contributed by atoms with van der Waals surface area (Å²) >= 11 is 0. The van der Waals surface area contributed by atoms with Gasteiger partial charge < -0.3 is 14.2 Å². The van der Waals surface area contributed by atoms with Gasteiger partial charge in [0.25, 0.3) is 0 Å². The number of rotatable bonds is 6. The molecule has 0 N–H and O–H groups in total. The Kier molecular flexibility index (Phi) is 4.65. The van der Waals surface area contributed by atoms with Crippen molar-refractivity contribution in [2.75, 3.05) is 19.0 Å². The summed E-state index contributed by atoms with van der Waals surface area (Å²) in [7, 11) is 1.68. The third-order valence-electron chi connectivity index (χ3n) is 4.69. The molecule has 0 radical (unpaired) electrons. The van der Waals surface area contributed by atoms with Crippen LogP contribution in [0.5, 0.6) is 17.2 Å². The molecule has 0 saturated heterocycles. The monoisotopic (exact) mass is 341 g/mol. The number of benzene rings is 2. The summed E-state index contributed by atoms with van der Waals surface area (Å²) in [6.45, 7) is 0.896. The maximum atomic E-state index is 6.10. The summed E-state index contributed by atoms with van der Waals surface area (Å²) < 4.78 is 16.9. The molecule has 1 aliphatic heterocycles. The molecule has 0 amide bonds. The molecule has 0 spiro atoms. The standard InChI is InChI=1S/C20H23NO4/c1-22-21(13-15-9-10-19-20(11-15)24-14-23-19)16-5-4-8-18(12-16)25-17-6-2-3-7-17/h4-5,8-12,17H,2-3,6-7,13-14H2,1H3. The van der Waals surface area contributed by atoms with E-state index in [0.29, 0.717) is 12.6 Å². The van der Waals surface area contributed by atoms with Gasteiger partial charge in [0.15, 0.2) is 11.5 Å². The van der Waals surface area contributed by atoms with E-state index in [1.165, 1.54) is 12.8 Å². The molecule has 5 nitrogen and oxygen atoms in total. The Bertz CT molecular complexity index is 727. The van der Waals surface area contributed by atoms with Gasteiger partial charge in [-0.05, 0) is 55.5 Å². The van der Waals surface area contributed by atoms with Gasteiger partial charge in [-0.15, -0.1) is 0 Å². The fraction of sp³-hybridized carbons (Fsp3) is 0.400. The van der Waals surface area contributed by atoms with Crippen molar-refractivity contribution in [1.82, 2.24) is 0 Å². The van der Waals surface area contributed by atoms with Crippen LogP contribution >= 0.6 is 0 Å². The minimum absolute atomic E-state index is 0.285. The van der Waals surface area contributed by atoms with Crippen LogP contribution in [0.2, 0.25) is 0 Å². The molecular weight excluding hydrogens is 318 g/mol. The van der Waals surface area contributed by atoms with Gasteiger partial charge in [-0.25, -0.2) is 5.06 Å². The maximum absolute atomic E-state index is 6.10. The highest BCUT2D eigenvalue weighted by Gasteiger charge is 2.18. The van der Waals surface area contributed by atoms with E-state index in [0.717, 1.165) is 41.3 Å². The molecule has 5 heteroatoms. The molecule has 1 saturated carbocycles. The molecule has 1 aliphatic carbocycles. The fourth-order valence-corrected chi connectivity index (χ4v) is 3.38. The van der Waals surface area contributed by atoms with Crippen molar-refractivity contribution >= 4 is 5.69 Å². The molecule has 25 heavy (non-hydrogen) atoms. The van der Waals surface area contributed by atoms with Crippen molar-refractivity contribution in [1.29, 1.82) is 0 Å². The Morgan fingerprint density at radius 1 is 1.04 bits per heavy atom. The lowest BCUT2D eigenvalue weighted by Crippen LogP contribution is -2.21. The van der Waals surface area contributed by atoms with Crippen LogP contribution in [0, 0.1) is 0 Å². The average molecular weight is 341 g/mol. The molecule has 1 fully saturated rings. The van der Waals surface area contributed by atoms with E-state index in [1.54, 1.807) is 7.11 Å². The predicted octanol–water partition coefficient (Wildman–Crippen LogP) is 4.30. The van der Waals surface area contributed by atoms with Crippen LogP contribution in [0.25, 0.3) is 0 Å².